The summed E-state index contributed by atoms with van der Waals surface area (Å²) in [6.07, 6.45) is 2.07. The second-order valence-electron chi connectivity index (χ2n) is 5.89. The van der Waals surface area contributed by atoms with E-state index in [-0.39, 0.29) is 11.9 Å². The largest absolute Gasteiger partial charge is 0.490 e. The van der Waals surface area contributed by atoms with Gasteiger partial charge in [0.1, 0.15) is 11.9 Å². The van der Waals surface area contributed by atoms with Crippen molar-refractivity contribution in [3.8, 4) is 5.75 Å². The van der Waals surface area contributed by atoms with E-state index < -0.39 is 10.0 Å². The number of likely N-dealkylation sites (tertiary alicyclic amines) is 1. The van der Waals surface area contributed by atoms with Crippen molar-refractivity contribution in [1.82, 2.24) is 14.9 Å². The summed E-state index contributed by atoms with van der Waals surface area (Å²) in [5, 5.41) is 3.21. The van der Waals surface area contributed by atoms with Gasteiger partial charge in [-0.15, -0.1) is 0 Å². The number of nitrogens with one attached hydrogen (secondary N) is 2. The highest BCUT2D eigenvalue weighted by Crippen LogP contribution is 2.18. The maximum atomic E-state index is 11.4. The summed E-state index contributed by atoms with van der Waals surface area (Å²) in [6, 6.07) is 9.88. The molecule has 0 spiro atoms. The Labute approximate surface area is 150 Å². The minimum absolute atomic E-state index is 0.0939. The third kappa shape index (κ3) is 6.55. The van der Waals surface area contributed by atoms with Gasteiger partial charge in [0.05, 0.1) is 5.75 Å². The van der Waals surface area contributed by atoms with Crippen LogP contribution in [0.5, 0.6) is 5.75 Å². The number of benzene rings is 1. The monoisotopic (exact) mass is 368 g/mol. The van der Waals surface area contributed by atoms with E-state index in [9.17, 15) is 8.42 Å². The number of aliphatic imine (C=N–C) groups is 1. The Kier molecular flexibility index (Phi) is 7.52. The minimum Gasteiger partial charge on any atom is -0.490 e. The number of guanidine groups is 1. The summed E-state index contributed by atoms with van der Waals surface area (Å²) < 4.78 is 31.4. The topological polar surface area (TPSA) is 83.0 Å². The molecule has 1 aliphatic rings. The molecule has 1 aliphatic heterocycles. The molecule has 0 amide bonds. The molecule has 2 rings (SSSR count). The fourth-order valence-corrected chi connectivity index (χ4v) is 3.31. The number of rotatable bonds is 7. The Bertz CT molecular complexity index is 641. The van der Waals surface area contributed by atoms with Gasteiger partial charge in [-0.05, 0) is 19.1 Å². The van der Waals surface area contributed by atoms with E-state index in [0.717, 1.165) is 37.6 Å². The van der Waals surface area contributed by atoms with E-state index >= 15 is 0 Å². The van der Waals surface area contributed by atoms with Gasteiger partial charge in [0.15, 0.2) is 5.96 Å². The molecule has 1 saturated heterocycles. The van der Waals surface area contributed by atoms with Crippen molar-refractivity contribution in [1.29, 1.82) is 0 Å². The van der Waals surface area contributed by atoms with Crippen molar-refractivity contribution in [3.63, 3.8) is 0 Å². The maximum absolute atomic E-state index is 11.4. The Hall–Kier alpha value is -1.80. The number of sulfonamides is 1. The zero-order chi connectivity index (χ0) is 18.1. The molecule has 0 bridgehead atoms. The molecule has 0 unspecified atom stereocenters. The molecular weight excluding hydrogens is 340 g/mol. The van der Waals surface area contributed by atoms with Crippen LogP contribution < -0.4 is 14.8 Å². The van der Waals surface area contributed by atoms with Crippen LogP contribution in [0.1, 0.15) is 19.8 Å². The summed E-state index contributed by atoms with van der Waals surface area (Å²) >= 11 is 0. The number of para-hydroxylation sites is 1. The van der Waals surface area contributed by atoms with Gasteiger partial charge in [-0.3, -0.25) is 4.99 Å². The first-order valence-corrected chi connectivity index (χ1v) is 10.3. The normalized spacial score (nSPS) is 16.7. The molecule has 1 fully saturated rings. The molecule has 1 aromatic rings. The van der Waals surface area contributed by atoms with Crippen molar-refractivity contribution in [2.75, 3.05) is 39.0 Å². The average Bonchev–Trinajstić information content (AvgIpc) is 2.64. The van der Waals surface area contributed by atoms with E-state index in [1.54, 1.807) is 14.0 Å². The third-order valence-electron chi connectivity index (χ3n) is 4.11. The van der Waals surface area contributed by atoms with Gasteiger partial charge >= 0.3 is 0 Å². The third-order valence-corrected chi connectivity index (χ3v) is 5.51. The van der Waals surface area contributed by atoms with Crippen molar-refractivity contribution in [2.24, 2.45) is 4.99 Å². The number of hydrogen-bond donors (Lipinski definition) is 2. The first-order chi connectivity index (χ1) is 12.0. The molecule has 0 aliphatic carbocycles. The average molecular weight is 369 g/mol. The lowest BCUT2D eigenvalue weighted by atomic mass is 10.1. The molecule has 0 atom stereocenters. The van der Waals surface area contributed by atoms with Crippen LogP contribution in [-0.2, 0) is 10.0 Å². The van der Waals surface area contributed by atoms with E-state index in [4.69, 9.17) is 4.74 Å². The summed E-state index contributed by atoms with van der Waals surface area (Å²) in [4.78, 5) is 6.47. The molecule has 0 radical (unpaired) electrons. The van der Waals surface area contributed by atoms with Gasteiger partial charge in [-0.25, -0.2) is 13.1 Å². The van der Waals surface area contributed by atoms with E-state index in [0.29, 0.717) is 13.1 Å². The van der Waals surface area contributed by atoms with Crippen molar-refractivity contribution in [3.05, 3.63) is 30.3 Å². The van der Waals surface area contributed by atoms with Crippen LogP contribution in [-0.4, -0.2) is 64.4 Å². The number of nitrogens with zero attached hydrogens (tertiary/aromatic N) is 2. The van der Waals surface area contributed by atoms with Crippen LogP contribution >= 0.6 is 0 Å². The summed E-state index contributed by atoms with van der Waals surface area (Å²) in [7, 11) is -1.40. The van der Waals surface area contributed by atoms with Gasteiger partial charge in [0.2, 0.25) is 10.0 Å². The zero-order valence-corrected chi connectivity index (χ0v) is 15.8. The Balaban J connectivity index is 1.72. The van der Waals surface area contributed by atoms with Crippen LogP contribution in [0.15, 0.2) is 35.3 Å². The van der Waals surface area contributed by atoms with E-state index in [1.807, 2.05) is 30.3 Å². The minimum atomic E-state index is -3.15. The lowest BCUT2D eigenvalue weighted by Crippen LogP contribution is -2.48. The smallest absolute Gasteiger partial charge is 0.211 e. The molecule has 25 heavy (non-hydrogen) atoms. The first kappa shape index (κ1) is 19.5. The summed E-state index contributed by atoms with van der Waals surface area (Å²) in [6.45, 7) is 4.20. The lowest BCUT2D eigenvalue weighted by Gasteiger charge is -2.34. The van der Waals surface area contributed by atoms with Gasteiger partial charge in [-0.1, -0.05) is 18.2 Å². The van der Waals surface area contributed by atoms with E-state index in [2.05, 4.69) is 19.9 Å². The standard InChI is InChI=1S/C17H28N4O3S/c1-3-25(22,23)20-12-11-19-17(18-2)21-13-9-16(10-14-21)24-15-7-5-4-6-8-15/h4-8,16,20H,3,9-14H2,1-2H3,(H,18,19). The molecule has 1 aromatic carbocycles. The second-order valence-corrected chi connectivity index (χ2v) is 7.98. The number of piperidine rings is 1. The van der Waals surface area contributed by atoms with Crippen LogP contribution in [0.25, 0.3) is 0 Å². The quantitative estimate of drug-likeness (QED) is 0.427. The van der Waals surface area contributed by atoms with Gasteiger partial charge in [-0.2, -0.15) is 0 Å². The Morgan fingerprint density at radius 2 is 1.92 bits per heavy atom. The van der Waals surface area contributed by atoms with E-state index in [1.165, 1.54) is 0 Å². The van der Waals surface area contributed by atoms with Gasteiger partial charge in [0.25, 0.3) is 0 Å². The number of hydrogen-bond acceptors (Lipinski definition) is 4. The van der Waals surface area contributed by atoms with Crippen LogP contribution in [0, 0.1) is 0 Å². The molecule has 7 nitrogen and oxygen atoms in total. The number of ether oxygens (including phenoxy) is 1. The molecule has 0 saturated carbocycles. The van der Waals surface area contributed by atoms with Crippen molar-refractivity contribution >= 4 is 16.0 Å². The summed E-state index contributed by atoms with van der Waals surface area (Å²) in [5.74, 6) is 1.80. The van der Waals surface area contributed by atoms with Crippen LogP contribution in [0.3, 0.4) is 0 Å². The molecule has 2 N–H and O–H groups in total. The molecular formula is C17H28N4O3S. The maximum Gasteiger partial charge on any atom is 0.211 e. The van der Waals surface area contributed by atoms with Gasteiger partial charge < -0.3 is 15.0 Å². The summed E-state index contributed by atoms with van der Waals surface area (Å²) in [5.41, 5.74) is 0. The van der Waals surface area contributed by atoms with Gasteiger partial charge in [0, 0.05) is 46.1 Å². The SMILES string of the molecule is CCS(=O)(=O)NCCNC(=NC)N1CCC(Oc2ccccc2)CC1. The Morgan fingerprint density at radius 3 is 2.52 bits per heavy atom. The molecule has 0 aromatic heterocycles. The van der Waals surface area contributed by atoms with Crippen LogP contribution in [0.2, 0.25) is 0 Å². The first-order valence-electron chi connectivity index (χ1n) is 8.68. The molecule has 8 heteroatoms. The lowest BCUT2D eigenvalue weighted by molar-refractivity contribution is 0.129. The fraction of sp³-hybridized carbons (Fsp3) is 0.588. The highest BCUT2D eigenvalue weighted by atomic mass is 32.2. The fourth-order valence-electron chi connectivity index (χ4n) is 2.69. The zero-order valence-electron chi connectivity index (χ0n) is 14.9. The molecule has 1 heterocycles. The second kappa shape index (κ2) is 9.62. The highest BCUT2D eigenvalue weighted by Gasteiger charge is 2.22. The van der Waals surface area contributed by atoms with Crippen molar-refractivity contribution in [2.45, 2.75) is 25.9 Å². The molecule has 140 valence electrons. The van der Waals surface area contributed by atoms with Crippen LogP contribution in [0.4, 0.5) is 0 Å². The predicted molar refractivity (Wildman–Crippen MR) is 100 cm³/mol. The highest BCUT2D eigenvalue weighted by molar-refractivity contribution is 7.89. The van der Waals surface area contributed by atoms with Crippen molar-refractivity contribution < 1.29 is 13.2 Å². The Morgan fingerprint density at radius 1 is 1.24 bits per heavy atom. The predicted octanol–water partition coefficient (Wildman–Crippen LogP) is 1.04.